The average molecular weight is 309 g/mol. The van der Waals surface area contributed by atoms with Crippen LogP contribution in [0.25, 0.3) is 0 Å². The molecule has 1 aromatic heterocycles. The number of likely N-dealkylation sites (tertiary alicyclic amines) is 1. The average Bonchev–Trinajstić information content (AvgIpc) is 2.85. The summed E-state index contributed by atoms with van der Waals surface area (Å²) in [5, 5.41) is 8.97. The Morgan fingerprint density at radius 3 is 2.73 bits per heavy atom. The molecule has 0 radical (unpaired) electrons. The number of aromatic nitrogens is 2. The lowest BCUT2D eigenvalue weighted by molar-refractivity contribution is 0.0221. The summed E-state index contributed by atoms with van der Waals surface area (Å²) in [5.41, 5.74) is -0.916. The van der Waals surface area contributed by atoms with E-state index in [1.54, 1.807) is 20.8 Å². The molecule has 0 saturated carbocycles. The van der Waals surface area contributed by atoms with Crippen LogP contribution in [0.1, 0.15) is 56.0 Å². The smallest absolute Gasteiger partial charge is 0.410 e. The lowest BCUT2D eigenvalue weighted by Gasteiger charge is -2.28. The van der Waals surface area contributed by atoms with E-state index in [-0.39, 0.29) is 5.69 Å². The van der Waals surface area contributed by atoms with E-state index in [4.69, 9.17) is 9.84 Å². The maximum absolute atomic E-state index is 12.2. The Hall–Kier alpha value is -2.38. The normalized spacial score (nSPS) is 18.3. The number of carbonyl (C=O) groups is 2. The first-order valence-electron chi connectivity index (χ1n) is 7.01. The van der Waals surface area contributed by atoms with Crippen LogP contribution in [0.15, 0.2) is 10.9 Å². The van der Waals surface area contributed by atoms with Crippen LogP contribution in [0.3, 0.4) is 0 Å². The number of carboxylic acids is 1. The number of carboxylic acid groups (broad SMARTS) is 1. The first-order valence-corrected chi connectivity index (χ1v) is 7.01. The van der Waals surface area contributed by atoms with Crippen molar-refractivity contribution in [2.75, 3.05) is 6.54 Å². The highest BCUT2D eigenvalue weighted by Crippen LogP contribution is 2.31. The molecule has 0 bridgehead atoms. The van der Waals surface area contributed by atoms with E-state index in [1.807, 2.05) is 0 Å². The van der Waals surface area contributed by atoms with Gasteiger partial charge in [-0.3, -0.25) is 9.69 Å². The molecule has 8 nitrogen and oxygen atoms in total. The van der Waals surface area contributed by atoms with Crippen molar-refractivity contribution in [2.45, 2.75) is 45.3 Å². The fourth-order valence-corrected chi connectivity index (χ4v) is 2.36. The molecule has 0 spiro atoms. The molecular formula is C14H19N3O5. The molecule has 1 fully saturated rings. The minimum Gasteiger partial charge on any atom is -0.475 e. The summed E-state index contributed by atoms with van der Waals surface area (Å²) in [6.45, 7) is 5.79. The zero-order chi connectivity index (χ0) is 16.5. The number of amides is 1. The molecule has 1 saturated heterocycles. The molecule has 1 aliphatic heterocycles. The summed E-state index contributed by atoms with van der Waals surface area (Å²) in [4.78, 5) is 42.4. The van der Waals surface area contributed by atoms with Crippen molar-refractivity contribution in [3.8, 4) is 0 Å². The number of nitrogens with one attached hydrogen (secondary N) is 1. The fraction of sp³-hybridized carbons (Fsp3) is 0.571. The van der Waals surface area contributed by atoms with Crippen LogP contribution in [0.2, 0.25) is 0 Å². The largest absolute Gasteiger partial charge is 0.475 e. The van der Waals surface area contributed by atoms with Gasteiger partial charge in [0.25, 0.3) is 5.56 Å². The van der Waals surface area contributed by atoms with Gasteiger partial charge in [0.2, 0.25) is 5.82 Å². The van der Waals surface area contributed by atoms with E-state index in [0.717, 1.165) is 6.42 Å². The molecule has 0 aromatic carbocycles. The Morgan fingerprint density at radius 2 is 2.14 bits per heavy atom. The minimum absolute atomic E-state index is 0.268. The van der Waals surface area contributed by atoms with Crippen molar-refractivity contribution >= 4 is 12.1 Å². The highest BCUT2D eigenvalue weighted by atomic mass is 16.6. The number of nitrogens with zero attached hydrogens (tertiary/aromatic N) is 2. The summed E-state index contributed by atoms with van der Waals surface area (Å²) in [7, 11) is 0. The number of rotatable bonds is 2. The minimum atomic E-state index is -1.32. The Labute approximate surface area is 127 Å². The van der Waals surface area contributed by atoms with Crippen molar-refractivity contribution in [3.63, 3.8) is 0 Å². The van der Waals surface area contributed by atoms with Gasteiger partial charge in [-0.25, -0.2) is 14.6 Å². The Bertz CT molecular complexity index is 647. The summed E-state index contributed by atoms with van der Waals surface area (Å²) in [6, 6.07) is 0.773. The van der Waals surface area contributed by atoms with Crippen molar-refractivity contribution in [1.29, 1.82) is 0 Å². The molecule has 120 valence electrons. The molecule has 1 aromatic rings. The van der Waals surface area contributed by atoms with Gasteiger partial charge in [-0.05, 0) is 33.6 Å². The fourth-order valence-electron chi connectivity index (χ4n) is 2.36. The number of aromatic amines is 1. The molecule has 22 heavy (non-hydrogen) atoms. The number of hydrogen-bond donors (Lipinski definition) is 2. The van der Waals surface area contributed by atoms with E-state index in [9.17, 15) is 14.4 Å². The van der Waals surface area contributed by atoms with Crippen LogP contribution < -0.4 is 5.56 Å². The standard InChI is InChI=1S/C14H19N3O5/c1-14(2,3)22-13(21)17-6-4-5-9(17)8-7-10(18)16-11(15-8)12(19)20/h7,9H,4-6H2,1-3H3,(H,19,20)(H,15,16,18). The van der Waals surface area contributed by atoms with E-state index < -0.39 is 35.1 Å². The highest BCUT2D eigenvalue weighted by Gasteiger charge is 2.34. The molecular weight excluding hydrogens is 290 g/mol. The Morgan fingerprint density at radius 1 is 1.45 bits per heavy atom. The number of H-pyrrole nitrogens is 1. The number of aromatic carboxylic acids is 1. The number of ether oxygens (including phenoxy) is 1. The van der Waals surface area contributed by atoms with Gasteiger partial charge in [-0.15, -0.1) is 0 Å². The number of hydrogen-bond acceptors (Lipinski definition) is 5. The molecule has 2 heterocycles. The van der Waals surface area contributed by atoms with Crippen molar-refractivity contribution < 1.29 is 19.4 Å². The lowest BCUT2D eigenvalue weighted by Crippen LogP contribution is -2.37. The molecule has 1 unspecified atom stereocenters. The monoisotopic (exact) mass is 309 g/mol. The number of carbonyl (C=O) groups excluding carboxylic acids is 1. The van der Waals surface area contributed by atoms with Gasteiger partial charge in [0.05, 0.1) is 11.7 Å². The van der Waals surface area contributed by atoms with Crippen LogP contribution in [0.5, 0.6) is 0 Å². The molecule has 8 heteroatoms. The predicted octanol–water partition coefficient (Wildman–Crippen LogP) is 1.54. The molecule has 0 aliphatic carbocycles. The molecule has 1 aliphatic rings. The molecule has 2 rings (SSSR count). The Balaban J connectivity index is 2.29. The molecule has 1 atom stereocenters. The van der Waals surface area contributed by atoms with Gasteiger partial charge in [-0.1, -0.05) is 0 Å². The summed E-state index contributed by atoms with van der Waals surface area (Å²) in [6.07, 6.45) is 0.851. The van der Waals surface area contributed by atoms with Gasteiger partial charge < -0.3 is 14.8 Å². The van der Waals surface area contributed by atoms with Crippen molar-refractivity contribution in [3.05, 3.63) is 27.9 Å². The second kappa shape index (κ2) is 5.78. The second-order valence-electron chi connectivity index (χ2n) is 6.16. The predicted molar refractivity (Wildman–Crippen MR) is 76.7 cm³/mol. The summed E-state index contributed by atoms with van der Waals surface area (Å²) in [5.74, 6) is -1.75. The first-order chi connectivity index (χ1) is 10.2. The van der Waals surface area contributed by atoms with Gasteiger partial charge in [0.1, 0.15) is 5.60 Å². The first kappa shape index (κ1) is 16.0. The third kappa shape index (κ3) is 3.63. The zero-order valence-corrected chi connectivity index (χ0v) is 12.8. The van der Waals surface area contributed by atoms with Crippen molar-refractivity contribution in [1.82, 2.24) is 14.9 Å². The van der Waals surface area contributed by atoms with E-state index in [0.29, 0.717) is 13.0 Å². The molecule has 1 amide bonds. The maximum Gasteiger partial charge on any atom is 0.410 e. The van der Waals surface area contributed by atoms with E-state index >= 15 is 0 Å². The SMILES string of the molecule is CC(C)(C)OC(=O)N1CCCC1c1cc(=O)[nH]c(C(=O)O)n1. The third-order valence-corrected chi connectivity index (χ3v) is 3.19. The maximum atomic E-state index is 12.2. The van der Waals surface area contributed by atoms with Gasteiger partial charge in [0.15, 0.2) is 0 Å². The second-order valence-corrected chi connectivity index (χ2v) is 6.16. The topological polar surface area (TPSA) is 113 Å². The highest BCUT2D eigenvalue weighted by molar-refractivity contribution is 5.83. The Kier molecular flexibility index (Phi) is 4.20. The quantitative estimate of drug-likeness (QED) is 0.857. The zero-order valence-electron chi connectivity index (χ0n) is 12.8. The van der Waals surface area contributed by atoms with Crippen LogP contribution in [-0.4, -0.2) is 44.2 Å². The van der Waals surface area contributed by atoms with Crippen LogP contribution in [0.4, 0.5) is 4.79 Å². The van der Waals surface area contributed by atoms with Crippen molar-refractivity contribution in [2.24, 2.45) is 0 Å². The third-order valence-electron chi connectivity index (χ3n) is 3.19. The lowest BCUT2D eigenvalue weighted by atomic mass is 10.1. The van der Waals surface area contributed by atoms with Gasteiger partial charge in [0, 0.05) is 12.6 Å². The molecule has 2 N–H and O–H groups in total. The van der Waals surface area contributed by atoms with Crippen LogP contribution in [-0.2, 0) is 4.74 Å². The summed E-state index contributed by atoms with van der Waals surface area (Å²) >= 11 is 0. The van der Waals surface area contributed by atoms with Crippen LogP contribution >= 0.6 is 0 Å². The summed E-state index contributed by atoms with van der Waals surface area (Å²) < 4.78 is 5.34. The van der Waals surface area contributed by atoms with E-state index in [1.165, 1.54) is 11.0 Å². The van der Waals surface area contributed by atoms with Gasteiger partial charge >= 0.3 is 12.1 Å². The van der Waals surface area contributed by atoms with E-state index in [2.05, 4.69) is 9.97 Å². The van der Waals surface area contributed by atoms with Gasteiger partial charge in [-0.2, -0.15) is 0 Å². The van der Waals surface area contributed by atoms with Crippen LogP contribution in [0, 0.1) is 0 Å².